The number of hydrogen-bond donors (Lipinski definition) is 1. The Morgan fingerprint density at radius 1 is 1.18 bits per heavy atom. The van der Waals surface area contributed by atoms with E-state index < -0.39 is 5.97 Å². The van der Waals surface area contributed by atoms with Gasteiger partial charge in [0.05, 0.1) is 6.61 Å². The van der Waals surface area contributed by atoms with Crippen molar-refractivity contribution in [1.29, 1.82) is 0 Å². The third-order valence-electron chi connectivity index (χ3n) is 2.99. The van der Waals surface area contributed by atoms with Crippen LogP contribution in [0.1, 0.15) is 18.1 Å². The standard InChI is InChI=1S/C17H17NO4/c1-2-22-15-7-5-13(6-8-15)3-4-14-9-10-18(12-17(20)21)16(19)11-14/h3-11H,2,12H2,1H3,(H,20,21)/b4-3+. The molecule has 1 N–H and O–H groups in total. The maximum atomic E-state index is 11.8. The number of carbonyl (C=O) groups is 1. The zero-order chi connectivity index (χ0) is 15.9. The number of nitrogens with zero attached hydrogens (tertiary/aromatic N) is 1. The monoisotopic (exact) mass is 299 g/mol. The van der Waals surface area contributed by atoms with E-state index in [1.165, 1.54) is 12.3 Å². The number of rotatable bonds is 6. The molecule has 0 unspecified atom stereocenters. The predicted octanol–water partition coefficient (Wildman–Crippen LogP) is 2.50. The van der Waals surface area contributed by atoms with Crippen LogP contribution in [0.5, 0.6) is 5.75 Å². The van der Waals surface area contributed by atoms with Crippen molar-refractivity contribution in [3.63, 3.8) is 0 Å². The number of carboxylic acid groups (broad SMARTS) is 1. The van der Waals surface area contributed by atoms with Gasteiger partial charge in [-0.2, -0.15) is 0 Å². The quantitative estimate of drug-likeness (QED) is 0.890. The van der Waals surface area contributed by atoms with Crippen molar-refractivity contribution in [1.82, 2.24) is 4.57 Å². The van der Waals surface area contributed by atoms with Gasteiger partial charge in [-0.15, -0.1) is 0 Å². The molecule has 0 atom stereocenters. The van der Waals surface area contributed by atoms with E-state index in [-0.39, 0.29) is 12.1 Å². The summed E-state index contributed by atoms with van der Waals surface area (Å²) < 4.78 is 6.52. The molecule has 0 amide bonds. The van der Waals surface area contributed by atoms with Crippen LogP contribution in [0, 0.1) is 0 Å². The van der Waals surface area contributed by atoms with Crippen LogP contribution in [-0.2, 0) is 11.3 Å². The lowest BCUT2D eigenvalue weighted by atomic mass is 10.1. The van der Waals surface area contributed by atoms with Gasteiger partial charge in [0, 0.05) is 12.3 Å². The lowest BCUT2D eigenvalue weighted by Gasteiger charge is -2.03. The van der Waals surface area contributed by atoms with E-state index >= 15 is 0 Å². The fraction of sp³-hybridized carbons (Fsp3) is 0.176. The molecule has 114 valence electrons. The Balaban J connectivity index is 2.11. The third-order valence-corrected chi connectivity index (χ3v) is 2.99. The van der Waals surface area contributed by atoms with Gasteiger partial charge in [0.25, 0.3) is 5.56 Å². The molecule has 0 spiro atoms. The van der Waals surface area contributed by atoms with Gasteiger partial charge in [-0.05, 0) is 36.2 Å². The Morgan fingerprint density at radius 2 is 1.86 bits per heavy atom. The molecule has 0 aliphatic rings. The lowest BCUT2D eigenvalue weighted by Crippen LogP contribution is -2.22. The minimum atomic E-state index is -1.04. The summed E-state index contributed by atoms with van der Waals surface area (Å²) in [5.74, 6) is -0.226. The Kier molecular flexibility index (Phi) is 5.14. The second-order valence-corrected chi connectivity index (χ2v) is 4.66. The van der Waals surface area contributed by atoms with Crippen LogP contribution in [0.2, 0.25) is 0 Å². The van der Waals surface area contributed by atoms with Gasteiger partial charge in [0.15, 0.2) is 0 Å². The van der Waals surface area contributed by atoms with Gasteiger partial charge in [-0.25, -0.2) is 0 Å². The Morgan fingerprint density at radius 3 is 2.45 bits per heavy atom. The third kappa shape index (κ3) is 4.34. The molecule has 0 aliphatic heterocycles. The summed E-state index contributed by atoms with van der Waals surface area (Å²) in [5, 5.41) is 8.69. The summed E-state index contributed by atoms with van der Waals surface area (Å²) in [6.07, 6.45) is 5.17. The molecule has 1 aromatic heterocycles. The number of benzene rings is 1. The van der Waals surface area contributed by atoms with E-state index in [2.05, 4.69) is 0 Å². The molecule has 0 radical (unpaired) electrons. The average Bonchev–Trinajstić information content (AvgIpc) is 2.49. The zero-order valence-corrected chi connectivity index (χ0v) is 12.2. The van der Waals surface area contributed by atoms with Crippen molar-refractivity contribution in [2.24, 2.45) is 0 Å². The highest BCUT2D eigenvalue weighted by atomic mass is 16.5. The largest absolute Gasteiger partial charge is 0.494 e. The Bertz CT molecular complexity index is 729. The number of carboxylic acids is 1. The van der Waals surface area contributed by atoms with E-state index in [0.29, 0.717) is 6.61 Å². The van der Waals surface area contributed by atoms with E-state index in [1.54, 1.807) is 6.07 Å². The fourth-order valence-corrected chi connectivity index (χ4v) is 1.94. The van der Waals surface area contributed by atoms with Crippen LogP contribution in [0.4, 0.5) is 0 Å². The maximum absolute atomic E-state index is 11.8. The predicted molar refractivity (Wildman–Crippen MR) is 84.9 cm³/mol. The Labute approximate surface area is 128 Å². The number of pyridine rings is 1. The van der Waals surface area contributed by atoms with Gasteiger partial charge >= 0.3 is 5.97 Å². The highest BCUT2D eigenvalue weighted by molar-refractivity contribution is 5.70. The van der Waals surface area contributed by atoms with Crippen LogP contribution in [-0.4, -0.2) is 22.2 Å². The molecule has 1 heterocycles. The maximum Gasteiger partial charge on any atom is 0.323 e. The molecular weight excluding hydrogens is 282 g/mol. The summed E-state index contributed by atoms with van der Waals surface area (Å²) in [5.41, 5.74) is 1.37. The average molecular weight is 299 g/mol. The van der Waals surface area contributed by atoms with E-state index in [0.717, 1.165) is 21.4 Å². The summed E-state index contributed by atoms with van der Waals surface area (Å²) in [4.78, 5) is 22.4. The Hall–Kier alpha value is -2.82. The number of hydrogen-bond acceptors (Lipinski definition) is 3. The first kappa shape index (κ1) is 15.6. The first-order valence-electron chi connectivity index (χ1n) is 6.91. The number of aromatic nitrogens is 1. The van der Waals surface area contributed by atoms with Crippen LogP contribution < -0.4 is 10.3 Å². The topological polar surface area (TPSA) is 68.5 Å². The van der Waals surface area contributed by atoms with Crippen LogP contribution >= 0.6 is 0 Å². The summed E-state index contributed by atoms with van der Waals surface area (Å²) in [7, 11) is 0. The highest BCUT2D eigenvalue weighted by Crippen LogP contribution is 2.14. The fourth-order valence-electron chi connectivity index (χ4n) is 1.94. The molecule has 0 saturated carbocycles. The lowest BCUT2D eigenvalue weighted by molar-refractivity contribution is -0.137. The zero-order valence-electron chi connectivity index (χ0n) is 12.2. The van der Waals surface area contributed by atoms with Crippen LogP contribution in [0.25, 0.3) is 12.2 Å². The van der Waals surface area contributed by atoms with Crippen molar-refractivity contribution >= 4 is 18.1 Å². The van der Waals surface area contributed by atoms with Crippen molar-refractivity contribution < 1.29 is 14.6 Å². The van der Waals surface area contributed by atoms with E-state index in [1.807, 2.05) is 43.3 Å². The summed E-state index contributed by atoms with van der Waals surface area (Å²) in [6.45, 7) is 2.23. The van der Waals surface area contributed by atoms with Crippen LogP contribution in [0.15, 0.2) is 47.4 Å². The normalized spacial score (nSPS) is 10.8. The SMILES string of the molecule is CCOc1ccc(/C=C/c2ccn(CC(=O)O)c(=O)c2)cc1. The first-order valence-corrected chi connectivity index (χ1v) is 6.91. The van der Waals surface area contributed by atoms with Crippen molar-refractivity contribution in [3.05, 3.63) is 64.1 Å². The van der Waals surface area contributed by atoms with Crippen LogP contribution in [0.3, 0.4) is 0 Å². The van der Waals surface area contributed by atoms with Gasteiger partial charge in [-0.3, -0.25) is 9.59 Å². The molecule has 0 aliphatic carbocycles. The van der Waals surface area contributed by atoms with E-state index in [9.17, 15) is 9.59 Å². The molecule has 2 rings (SSSR count). The molecule has 5 nitrogen and oxygen atoms in total. The molecule has 0 fully saturated rings. The molecule has 0 bridgehead atoms. The van der Waals surface area contributed by atoms with Crippen molar-refractivity contribution in [2.75, 3.05) is 6.61 Å². The van der Waals surface area contributed by atoms with Crippen molar-refractivity contribution in [2.45, 2.75) is 13.5 Å². The van der Waals surface area contributed by atoms with Gasteiger partial charge < -0.3 is 14.4 Å². The van der Waals surface area contributed by atoms with Crippen molar-refractivity contribution in [3.8, 4) is 5.75 Å². The molecule has 1 aromatic carbocycles. The molecule has 0 saturated heterocycles. The van der Waals surface area contributed by atoms with Gasteiger partial charge in [0.1, 0.15) is 12.3 Å². The smallest absolute Gasteiger partial charge is 0.323 e. The molecule has 2 aromatic rings. The minimum Gasteiger partial charge on any atom is -0.494 e. The summed E-state index contributed by atoms with van der Waals surface area (Å²) >= 11 is 0. The van der Waals surface area contributed by atoms with Gasteiger partial charge in [-0.1, -0.05) is 24.3 Å². The number of aliphatic carboxylic acids is 1. The second kappa shape index (κ2) is 7.26. The number of ether oxygens (including phenoxy) is 1. The summed E-state index contributed by atoms with van der Waals surface area (Å²) in [6, 6.07) is 10.7. The minimum absolute atomic E-state index is 0.332. The van der Waals surface area contributed by atoms with E-state index in [4.69, 9.17) is 9.84 Å². The highest BCUT2D eigenvalue weighted by Gasteiger charge is 2.01. The van der Waals surface area contributed by atoms with Gasteiger partial charge in [0.2, 0.25) is 0 Å². The molecule has 22 heavy (non-hydrogen) atoms. The first-order chi connectivity index (χ1) is 10.6. The molecule has 5 heteroatoms. The second-order valence-electron chi connectivity index (χ2n) is 4.66. The molecular formula is C17H17NO4.